The van der Waals surface area contributed by atoms with Gasteiger partial charge in [0.15, 0.2) is 5.17 Å². The summed E-state index contributed by atoms with van der Waals surface area (Å²) in [5.41, 5.74) is 3.16. The first-order chi connectivity index (χ1) is 10.1. The van der Waals surface area contributed by atoms with E-state index >= 15 is 0 Å². The van der Waals surface area contributed by atoms with Gasteiger partial charge in [-0.15, -0.1) is 11.3 Å². The van der Waals surface area contributed by atoms with Crippen molar-refractivity contribution in [3.05, 3.63) is 56.6 Å². The molecule has 0 saturated carbocycles. The van der Waals surface area contributed by atoms with E-state index in [2.05, 4.69) is 16.4 Å². The number of amidine groups is 1. The fourth-order valence-electron chi connectivity index (χ4n) is 1.93. The Morgan fingerprint density at radius 2 is 1.95 bits per heavy atom. The van der Waals surface area contributed by atoms with Gasteiger partial charge in [-0.2, -0.15) is 0 Å². The van der Waals surface area contributed by atoms with Gasteiger partial charge in [-0.05, 0) is 60.3 Å². The highest BCUT2D eigenvalue weighted by Crippen LogP contribution is 2.30. The molecule has 5 heteroatoms. The van der Waals surface area contributed by atoms with E-state index < -0.39 is 0 Å². The summed E-state index contributed by atoms with van der Waals surface area (Å²) in [6.07, 6.45) is 1.93. The van der Waals surface area contributed by atoms with Gasteiger partial charge in [-0.3, -0.25) is 4.79 Å². The lowest BCUT2D eigenvalue weighted by Crippen LogP contribution is -2.19. The third-order valence-corrected chi connectivity index (χ3v) is 5.03. The van der Waals surface area contributed by atoms with Crippen LogP contribution in [0.15, 0.2) is 45.6 Å². The molecule has 2 heterocycles. The zero-order valence-electron chi connectivity index (χ0n) is 11.7. The van der Waals surface area contributed by atoms with Gasteiger partial charge in [0, 0.05) is 4.88 Å². The van der Waals surface area contributed by atoms with Crippen LogP contribution in [0, 0.1) is 13.8 Å². The third-order valence-electron chi connectivity index (χ3n) is 3.15. The average molecular weight is 314 g/mol. The Balaban J connectivity index is 1.87. The van der Waals surface area contributed by atoms with Crippen LogP contribution >= 0.6 is 23.1 Å². The molecular weight excluding hydrogens is 300 g/mol. The number of thiophene rings is 1. The molecule has 0 spiro atoms. The lowest BCUT2D eigenvalue weighted by atomic mass is 10.2. The lowest BCUT2D eigenvalue weighted by Gasteiger charge is -1.99. The molecule has 3 nitrogen and oxygen atoms in total. The van der Waals surface area contributed by atoms with Crippen molar-refractivity contribution in [2.45, 2.75) is 13.8 Å². The van der Waals surface area contributed by atoms with Crippen molar-refractivity contribution in [3.63, 3.8) is 0 Å². The number of rotatable bonds is 2. The van der Waals surface area contributed by atoms with Crippen LogP contribution in [0.25, 0.3) is 6.08 Å². The van der Waals surface area contributed by atoms with Gasteiger partial charge in [0.05, 0.1) is 10.6 Å². The number of para-hydroxylation sites is 1. The molecule has 1 N–H and O–H groups in total. The fraction of sp³-hybridized carbons (Fsp3) is 0.125. The van der Waals surface area contributed by atoms with Crippen LogP contribution in [0.4, 0.5) is 5.69 Å². The van der Waals surface area contributed by atoms with Crippen LogP contribution in [-0.2, 0) is 4.79 Å². The van der Waals surface area contributed by atoms with Crippen LogP contribution in [0.5, 0.6) is 0 Å². The number of amides is 1. The Hall–Kier alpha value is -1.85. The quantitative estimate of drug-likeness (QED) is 0.842. The maximum atomic E-state index is 12.0. The zero-order valence-corrected chi connectivity index (χ0v) is 13.3. The highest BCUT2D eigenvalue weighted by molar-refractivity contribution is 8.18. The molecule has 0 atom stereocenters. The first-order valence-corrected chi connectivity index (χ1v) is 8.22. The second kappa shape index (κ2) is 5.87. The summed E-state index contributed by atoms with van der Waals surface area (Å²) in [5.74, 6) is -0.0832. The predicted molar refractivity (Wildman–Crippen MR) is 91.0 cm³/mol. The number of carbonyl (C=O) groups excluding carboxylic acids is 1. The summed E-state index contributed by atoms with van der Waals surface area (Å²) < 4.78 is 0. The summed E-state index contributed by atoms with van der Waals surface area (Å²) in [6, 6.07) is 9.92. The molecule has 0 aliphatic carbocycles. The summed E-state index contributed by atoms with van der Waals surface area (Å²) in [6.45, 7) is 4.05. The maximum Gasteiger partial charge on any atom is 0.264 e. The molecule has 21 heavy (non-hydrogen) atoms. The van der Waals surface area contributed by atoms with E-state index in [-0.39, 0.29) is 5.91 Å². The Kier molecular flexibility index (Phi) is 3.94. The van der Waals surface area contributed by atoms with Crippen molar-refractivity contribution < 1.29 is 4.79 Å². The molecule has 1 saturated heterocycles. The normalized spacial score (nSPS) is 18.5. The van der Waals surface area contributed by atoms with E-state index in [0.29, 0.717) is 10.1 Å². The van der Waals surface area contributed by atoms with E-state index in [0.717, 1.165) is 16.1 Å². The number of hydrogen-bond acceptors (Lipinski definition) is 4. The molecule has 0 unspecified atom stereocenters. The van der Waals surface area contributed by atoms with Crippen molar-refractivity contribution in [1.29, 1.82) is 0 Å². The molecule has 1 fully saturated rings. The van der Waals surface area contributed by atoms with Crippen LogP contribution in [0.1, 0.15) is 16.0 Å². The zero-order chi connectivity index (χ0) is 14.8. The molecule has 1 amide bonds. The van der Waals surface area contributed by atoms with Gasteiger partial charge in [0.2, 0.25) is 0 Å². The lowest BCUT2D eigenvalue weighted by molar-refractivity contribution is -0.115. The molecule has 0 radical (unpaired) electrons. The Labute approximate surface area is 131 Å². The molecule has 106 valence electrons. The first kappa shape index (κ1) is 14.1. The summed E-state index contributed by atoms with van der Waals surface area (Å²) in [5, 5.41) is 5.49. The van der Waals surface area contributed by atoms with Crippen molar-refractivity contribution in [3.8, 4) is 0 Å². The maximum absolute atomic E-state index is 12.0. The number of nitrogens with zero attached hydrogens (tertiary/aromatic N) is 1. The summed E-state index contributed by atoms with van der Waals surface area (Å²) >= 11 is 3.02. The van der Waals surface area contributed by atoms with E-state index in [9.17, 15) is 4.79 Å². The van der Waals surface area contributed by atoms with Gasteiger partial charge < -0.3 is 5.32 Å². The standard InChI is InChI=1S/C16H14N2OS2/c1-10-5-3-4-6-12(10)17-16-18-15(19)14(21-16)9-13-11(2)7-8-20-13/h3-9H,1-2H3,(H,17,18,19)/b14-9-. The van der Waals surface area contributed by atoms with E-state index in [4.69, 9.17) is 0 Å². The molecule has 3 rings (SSSR count). The largest absolute Gasteiger partial charge is 0.300 e. The van der Waals surface area contributed by atoms with Crippen molar-refractivity contribution >= 4 is 45.9 Å². The molecular formula is C16H14N2OS2. The van der Waals surface area contributed by atoms with Gasteiger partial charge in [-0.1, -0.05) is 18.2 Å². The van der Waals surface area contributed by atoms with E-state index in [1.54, 1.807) is 11.3 Å². The Bertz CT molecular complexity index is 759. The second-order valence-corrected chi connectivity index (χ2v) is 6.71. The second-order valence-electron chi connectivity index (χ2n) is 4.74. The molecule has 1 aliphatic rings. The van der Waals surface area contributed by atoms with Gasteiger partial charge in [0.1, 0.15) is 0 Å². The summed E-state index contributed by atoms with van der Waals surface area (Å²) in [4.78, 5) is 18.3. The van der Waals surface area contributed by atoms with E-state index in [1.165, 1.54) is 17.3 Å². The molecule has 1 aliphatic heterocycles. The highest BCUT2D eigenvalue weighted by atomic mass is 32.2. The number of aryl methyl sites for hydroxylation is 2. The van der Waals surface area contributed by atoms with Gasteiger partial charge in [0.25, 0.3) is 5.91 Å². The number of carbonyl (C=O) groups is 1. The Morgan fingerprint density at radius 1 is 1.14 bits per heavy atom. The fourth-order valence-corrected chi connectivity index (χ4v) is 3.68. The van der Waals surface area contributed by atoms with Crippen LogP contribution in [-0.4, -0.2) is 11.1 Å². The van der Waals surface area contributed by atoms with Crippen LogP contribution in [0.2, 0.25) is 0 Å². The average Bonchev–Trinajstić information content (AvgIpc) is 3.00. The van der Waals surface area contributed by atoms with Crippen molar-refractivity contribution in [2.24, 2.45) is 4.99 Å². The van der Waals surface area contributed by atoms with E-state index in [1.807, 2.05) is 49.6 Å². The number of aliphatic imine (C=N–C) groups is 1. The number of benzene rings is 1. The van der Waals surface area contributed by atoms with Crippen molar-refractivity contribution in [2.75, 3.05) is 0 Å². The minimum absolute atomic E-state index is 0.0832. The number of hydrogen-bond donors (Lipinski definition) is 1. The Morgan fingerprint density at radius 3 is 2.67 bits per heavy atom. The van der Waals surface area contributed by atoms with Gasteiger partial charge >= 0.3 is 0 Å². The number of nitrogens with one attached hydrogen (secondary N) is 1. The summed E-state index contributed by atoms with van der Waals surface area (Å²) in [7, 11) is 0. The first-order valence-electron chi connectivity index (χ1n) is 6.53. The SMILES string of the molecule is Cc1ccccc1N=C1NC(=O)/C(=C/c2sccc2C)S1. The molecule has 1 aromatic carbocycles. The van der Waals surface area contributed by atoms with Crippen LogP contribution in [0.3, 0.4) is 0 Å². The topological polar surface area (TPSA) is 41.5 Å². The number of thioether (sulfide) groups is 1. The minimum Gasteiger partial charge on any atom is -0.300 e. The minimum atomic E-state index is -0.0832. The highest BCUT2D eigenvalue weighted by Gasteiger charge is 2.24. The predicted octanol–water partition coefficient (Wildman–Crippen LogP) is 4.26. The smallest absolute Gasteiger partial charge is 0.264 e. The monoisotopic (exact) mass is 314 g/mol. The van der Waals surface area contributed by atoms with Crippen molar-refractivity contribution in [1.82, 2.24) is 5.32 Å². The van der Waals surface area contributed by atoms with Crippen LogP contribution < -0.4 is 5.32 Å². The molecule has 2 aromatic rings. The van der Waals surface area contributed by atoms with Gasteiger partial charge in [-0.25, -0.2) is 4.99 Å². The third kappa shape index (κ3) is 3.09. The molecule has 0 bridgehead atoms. The molecule has 1 aromatic heterocycles.